The Morgan fingerprint density at radius 1 is 0.955 bits per heavy atom. The van der Waals surface area contributed by atoms with E-state index >= 15 is 0 Å². The number of hydrogen-bond acceptors (Lipinski definition) is 7. The quantitative estimate of drug-likeness (QED) is 0.433. The minimum absolute atomic E-state index is 0.216. The molecule has 1 aliphatic carbocycles. The number of aryl methyl sites for hydroxylation is 1. The van der Waals surface area contributed by atoms with Crippen LogP contribution in [-0.2, 0) is 29.2 Å². The third-order valence-electron chi connectivity index (χ3n) is 9.36. The van der Waals surface area contributed by atoms with Gasteiger partial charge >= 0.3 is 0 Å². The maximum absolute atomic E-state index is 14.6. The van der Waals surface area contributed by atoms with Crippen LogP contribution in [0, 0.1) is 17.1 Å². The number of rotatable bonds is 6. The standard InChI is InChI=1S/C34H32FN5O4/c35-27-17-21(18-36)5-8-29(27)39-14-12-38(13-15-39)28-9-6-23-16-22(4-7-24(23)28)20-44-31-3-1-2-25-26(31)19-40(34(25)43)30-10-11-32(41)37-33(30)42/h1-5,7-8,16-17,28,30H,6,9-15,19-20H2,(H,37,41,42)/t28-,30+/m1/s1. The summed E-state index contributed by atoms with van der Waals surface area (Å²) in [6, 6.07) is 18.2. The van der Waals surface area contributed by atoms with E-state index in [4.69, 9.17) is 10.00 Å². The average molecular weight is 594 g/mol. The van der Waals surface area contributed by atoms with Crippen LogP contribution in [0.5, 0.6) is 5.75 Å². The zero-order chi connectivity index (χ0) is 30.4. The first kappa shape index (κ1) is 28.0. The van der Waals surface area contributed by atoms with Crippen LogP contribution < -0.4 is 15.0 Å². The van der Waals surface area contributed by atoms with Gasteiger partial charge in [0, 0.05) is 49.8 Å². The fourth-order valence-corrected chi connectivity index (χ4v) is 7.08. The number of ether oxygens (including phenoxy) is 1. The lowest BCUT2D eigenvalue weighted by Crippen LogP contribution is -2.52. The van der Waals surface area contributed by atoms with E-state index in [2.05, 4.69) is 33.3 Å². The fraction of sp³-hybridized carbons (Fsp3) is 0.353. The Bertz CT molecular complexity index is 1710. The van der Waals surface area contributed by atoms with Crippen molar-refractivity contribution in [3.8, 4) is 11.8 Å². The molecule has 9 nitrogen and oxygen atoms in total. The summed E-state index contributed by atoms with van der Waals surface area (Å²) in [6.45, 7) is 3.75. The van der Waals surface area contributed by atoms with Crippen LogP contribution in [0.15, 0.2) is 54.6 Å². The molecule has 2 atom stereocenters. The van der Waals surface area contributed by atoms with Crippen LogP contribution in [0.25, 0.3) is 0 Å². The van der Waals surface area contributed by atoms with E-state index in [0.717, 1.165) is 50.1 Å². The largest absolute Gasteiger partial charge is 0.489 e. The van der Waals surface area contributed by atoms with Crippen LogP contribution in [-0.4, -0.2) is 59.7 Å². The Labute approximate surface area is 254 Å². The summed E-state index contributed by atoms with van der Waals surface area (Å²) in [5.41, 5.74) is 5.88. The van der Waals surface area contributed by atoms with Gasteiger partial charge in [-0.3, -0.25) is 24.6 Å². The second-order valence-electron chi connectivity index (χ2n) is 11.9. The van der Waals surface area contributed by atoms with E-state index in [9.17, 15) is 18.8 Å². The van der Waals surface area contributed by atoms with E-state index in [0.29, 0.717) is 41.6 Å². The van der Waals surface area contributed by atoms with Crippen molar-refractivity contribution in [2.24, 2.45) is 0 Å². The van der Waals surface area contributed by atoms with Crippen molar-refractivity contribution in [2.45, 2.75) is 50.9 Å². The number of anilines is 1. The van der Waals surface area contributed by atoms with Gasteiger partial charge in [-0.15, -0.1) is 0 Å². The van der Waals surface area contributed by atoms with Gasteiger partial charge in [0.2, 0.25) is 11.8 Å². The predicted octanol–water partition coefficient (Wildman–Crippen LogP) is 3.85. The number of carbonyl (C=O) groups excluding carboxylic acids is 3. The minimum atomic E-state index is -0.662. The number of hydrogen-bond donors (Lipinski definition) is 1. The molecule has 0 bridgehead atoms. The first-order valence-corrected chi connectivity index (χ1v) is 15.1. The minimum Gasteiger partial charge on any atom is -0.489 e. The van der Waals surface area contributed by atoms with Crippen molar-refractivity contribution in [3.63, 3.8) is 0 Å². The van der Waals surface area contributed by atoms with Gasteiger partial charge in [0.05, 0.1) is 23.9 Å². The molecule has 2 fully saturated rings. The predicted molar refractivity (Wildman–Crippen MR) is 159 cm³/mol. The van der Waals surface area contributed by atoms with E-state index < -0.39 is 11.9 Å². The molecule has 3 aromatic rings. The number of carbonyl (C=O) groups is 3. The SMILES string of the molecule is N#Cc1ccc(N2CCN([C@@H]3CCc4cc(COc5cccc6c5CN([C@H]5CCC(=O)NC5=O)C6=O)ccc43)CC2)c(F)c1. The van der Waals surface area contributed by atoms with Crippen molar-refractivity contribution >= 4 is 23.4 Å². The summed E-state index contributed by atoms with van der Waals surface area (Å²) >= 11 is 0. The molecule has 224 valence electrons. The number of imide groups is 1. The molecule has 0 spiro atoms. The summed E-state index contributed by atoms with van der Waals surface area (Å²) < 4.78 is 20.8. The van der Waals surface area contributed by atoms with Crippen molar-refractivity contribution in [1.29, 1.82) is 5.26 Å². The highest BCUT2D eigenvalue weighted by Crippen LogP contribution is 2.38. The number of piperidine rings is 1. The number of amides is 3. The molecule has 0 radical (unpaired) electrons. The molecule has 3 heterocycles. The van der Waals surface area contributed by atoms with Crippen LogP contribution in [0.1, 0.15) is 63.5 Å². The van der Waals surface area contributed by atoms with Gasteiger partial charge in [0.15, 0.2) is 0 Å². The van der Waals surface area contributed by atoms with Gasteiger partial charge in [-0.2, -0.15) is 5.26 Å². The molecule has 2 saturated heterocycles. The molecule has 7 rings (SSSR count). The summed E-state index contributed by atoms with van der Waals surface area (Å²) in [5.74, 6) is -0.674. The summed E-state index contributed by atoms with van der Waals surface area (Å²) in [4.78, 5) is 43.2. The smallest absolute Gasteiger partial charge is 0.255 e. The molecule has 44 heavy (non-hydrogen) atoms. The Kier molecular flexibility index (Phi) is 7.26. The highest BCUT2D eigenvalue weighted by molar-refractivity contribution is 6.05. The zero-order valence-electron chi connectivity index (χ0n) is 24.2. The second kappa shape index (κ2) is 11.4. The summed E-state index contributed by atoms with van der Waals surface area (Å²) in [7, 11) is 0. The Balaban J connectivity index is 0.985. The van der Waals surface area contributed by atoms with Crippen molar-refractivity contribution in [3.05, 3.63) is 93.8 Å². The highest BCUT2D eigenvalue weighted by atomic mass is 19.1. The highest BCUT2D eigenvalue weighted by Gasteiger charge is 2.40. The number of piperazine rings is 1. The number of halogens is 1. The van der Waals surface area contributed by atoms with E-state index in [1.54, 1.807) is 24.3 Å². The molecule has 3 amide bonds. The second-order valence-corrected chi connectivity index (χ2v) is 11.9. The van der Waals surface area contributed by atoms with E-state index in [-0.39, 0.29) is 30.6 Å². The molecular weight excluding hydrogens is 561 g/mol. The molecule has 1 N–H and O–H groups in total. The lowest BCUT2D eigenvalue weighted by Gasteiger charge is -2.39. The van der Waals surface area contributed by atoms with E-state index in [1.165, 1.54) is 22.1 Å². The van der Waals surface area contributed by atoms with Gasteiger partial charge < -0.3 is 14.5 Å². The first-order valence-electron chi connectivity index (χ1n) is 15.1. The number of benzene rings is 3. The molecule has 3 aromatic carbocycles. The summed E-state index contributed by atoms with van der Waals surface area (Å²) in [6.07, 6.45) is 2.56. The molecule has 4 aliphatic rings. The number of nitrogens with zero attached hydrogens (tertiary/aromatic N) is 4. The van der Waals surface area contributed by atoms with Crippen LogP contribution >= 0.6 is 0 Å². The molecule has 0 saturated carbocycles. The first-order chi connectivity index (χ1) is 21.4. The third-order valence-corrected chi connectivity index (χ3v) is 9.36. The number of fused-ring (bicyclic) bond motifs is 2. The number of nitriles is 1. The third kappa shape index (κ3) is 5.07. The normalized spacial score (nSPS) is 21.6. The molecule has 10 heteroatoms. The lowest BCUT2D eigenvalue weighted by atomic mass is 10.0. The molecule has 0 aromatic heterocycles. The zero-order valence-corrected chi connectivity index (χ0v) is 24.2. The number of nitrogens with one attached hydrogen (secondary N) is 1. The van der Waals surface area contributed by atoms with Gasteiger partial charge in [0.1, 0.15) is 24.2 Å². The van der Waals surface area contributed by atoms with Crippen molar-refractivity contribution < 1.29 is 23.5 Å². The Morgan fingerprint density at radius 3 is 2.55 bits per heavy atom. The van der Waals surface area contributed by atoms with Crippen LogP contribution in [0.2, 0.25) is 0 Å². The van der Waals surface area contributed by atoms with E-state index in [1.807, 2.05) is 12.1 Å². The van der Waals surface area contributed by atoms with Crippen LogP contribution in [0.4, 0.5) is 10.1 Å². The Morgan fingerprint density at radius 2 is 1.77 bits per heavy atom. The molecular formula is C34H32FN5O4. The fourth-order valence-electron chi connectivity index (χ4n) is 7.08. The summed E-state index contributed by atoms with van der Waals surface area (Å²) in [5, 5.41) is 11.4. The molecule has 3 aliphatic heterocycles. The van der Waals surface area contributed by atoms with Crippen molar-refractivity contribution in [1.82, 2.24) is 15.1 Å². The van der Waals surface area contributed by atoms with Crippen LogP contribution in [0.3, 0.4) is 0 Å². The molecule has 0 unspecified atom stereocenters. The van der Waals surface area contributed by atoms with Gasteiger partial charge in [-0.05, 0) is 66.3 Å². The van der Waals surface area contributed by atoms with Crippen molar-refractivity contribution in [2.75, 3.05) is 31.1 Å². The Hall–Kier alpha value is -4.75. The lowest BCUT2D eigenvalue weighted by molar-refractivity contribution is -0.136. The topological polar surface area (TPSA) is 106 Å². The van der Waals surface area contributed by atoms with Gasteiger partial charge in [-0.25, -0.2) is 4.39 Å². The van der Waals surface area contributed by atoms with Gasteiger partial charge in [-0.1, -0.05) is 24.3 Å². The maximum atomic E-state index is 14.6. The monoisotopic (exact) mass is 593 g/mol. The maximum Gasteiger partial charge on any atom is 0.255 e. The average Bonchev–Trinajstić information content (AvgIpc) is 3.61. The van der Waals surface area contributed by atoms with Gasteiger partial charge in [0.25, 0.3) is 5.91 Å².